The number of rotatable bonds is 6. The van der Waals surface area contributed by atoms with Crippen molar-refractivity contribution in [1.29, 1.82) is 0 Å². The number of nitrogens with zero attached hydrogens (tertiary/aromatic N) is 1. The Labute approximate surface area is 187 Å². The van der Waals surface area contributed by atoms with Crippen molar-refractivity contribution in [1.82, 2.24) is 4.90 Å². The third-order valence-corrected chi connectivity index (χ3v) is 7.11. The number of hydrogen-bond acceptors (Lipinski definition) is 5. The summed E-state index contributed by atoms with van der Waals surface area (Å²) in [6.45, 7) is 3.06. The molecule has 2 atom stereocenters. The molecule has 1 aromatic carbocycles. The molecule has 31 heavy (non-hydrogen) atoms. The van der Waals surface area contributed by atoms with Crippen LogP contribution in [0.15, 0.2) is 27.4 Å². The highest BCUT2D eigenvalue weighted by molar-refractivity contribution is 6.32. The Balaban J connectivity index is 1.45. The Hall–Kier alpha value is -2.05. The highest BCUT2D eigenvalue weighted by Crippen LogP contribution is 2.40. The topological polar surface area (TPSA) is 80.0 Å². The third-order valence-electron chi connectivity index (χ3n) is 6.81. The van der Waals surface area contributed by atoms with Crippen molar-refractivity contribution in [3.05, 3.63) is 39.2 Å². The van der Waals surface area contributed by atoms with E-state index in [0.717, 1.165) is 55.9 Å². The van der Waals surface area contributed by atoms with Crippen LogP contribution in [0, 0.1) is 5.92 Å². The van der Waals surface area contributed by atoms with Crippen LogP contribution >= 0.6 is 11.6 Å². The van der Waals surface area contributed by atoms with Gasteiger partial charge in [-0.15, -0.1) is 0 Å². The number of carbonyl (C=O) groups is 1. The van der Waals surface area contributed by atoms with Crippen molar-refractivity contribution in [2.24, 2.45) is 5.92 Å². The summed E-state index contributed by atoms with van der Waals surface area (Å²) in [4.78, 5) is 26.5. The molecule has 2 aromatic rings. The number of halogens is 1. The molecule has 1 aliphatic heterocycles. The van der Waals surface area contributed by atoms with Crippen LogP contribution in [0.2, 0.25) is 5.02 Å². The van der Waals surface area contributed by atoms with Crippen LogP contribution in [0.5, 0.6) is 5.75 Å². The first-order valence-corrected chi connectivity index (χ1v) is 11.7. The molecule has 1 amide bonds. The molecule has 1 saturated carbocycles. The maximum atomic E-state index is 12.8. The van der Waals surface area contributed by atoms with E-state index in [4.69, 9.17) is 20.8 Å². The van der Waals surface area contributed by atoms with E-state index in [1.807, 2.05) is 0 Å². The Bertz CT molecular complexity index is 1020. The zero-order valence-electron chi connectivity index (χ0n) is 18.0. The van der Waals surface area contributed by atoms with E-state index in [1.54, 1.807) is 17.0 Å². The second-order valence-corrected chi connectivity index (χ2v) is 9.30. The Morgan fingerprint density at radius 2 is 2.16 bits per heavy atom. The van der Waals surface area contributed by atoms with Gasteiger partial charge in [-0.05, 0) is 43.7 Å². The molecule has 0 bridgehead atoms. The Morgan fingerprint density at radius 1 is 1.32 bits per heavy atom. The second kappa shape index (κ2) is 9.21. The monoisotopic (exact) mass is 447 g/mol. The number of amides is 1. The van der Waals surface area contributed by atoms with Gasteiger partial charge in [0, 0.05) is 36.5 Å². The van der Waals surface area contributed by atoms with E-state index in [0.29, 0.717) is 35.9 Å². The normalized spacial score (nSPS) is 23.6. The molecule has 1 saturated heterocycles. The van der Waals surface area contributed by atoms with Gasteiger partial charge >= 0.3 is 5.63 Å². The molecule has 1 N–H and O–H groups in total. The molecule has 4 rings (SSSR count). The lowest BCUT2D eigenvalue weighted by Gasteiger charge is -2.47. The van der Waals surface area contributed by atoms with E-state index in [9.17, 15) is 14.7 Å². The maximum absolute atomic E-state index is 12.8. The summed E-state index contributed by atoms with van der Waals surface area (Å²) >= 11 is 6.42. The molecule has 7 heteroatoms. The van der Waals surface area contributed by atoms with Gasteiger partial charge in [0.25, 0.3) is 5.91 Å². The Kier molecular flexibility index (Phi) is 6.58. The molecule has 2 fully saturated rings. The summed E-state index contributed by atoms with van der Waals surface area (Å²) < 4.78 is 11.1. The number of carbonyl (C=O) groups excluding carboxylic acids is 1. The zero-order chi connectivity index (χ0) is 22.0. The number of fused-ring (bicyclic) bond motifs is 2. The van der Waals surface area contributed by atoms with E-state index >= 15 is 0 Å². The molecule has 1 aliphatic carbocycles. The lowest BCUT2D eigenvalue weighted by atomic mass is 9.71. The smallest absolute Gasteiger partial charge is 0.336 e. The second-order valence-electron chi connectivity index (χ2n) is 8.90. The van der Waals surface area contributed by atoms with E-state index < -0.39 is 11.2 Å². The lowest BCUT2D eigenvalue weighted by Crippen LogP contribution is -2.55. The predicted octanol–water partition coefficient (Wildman–Crippen LogP) is 4.32. The minimum absolute atomic E-state index is 0.123. The molecule has 0 unspecified atom stereocenters. The number of piperidine rings is 1. The van der Waals surface area contributed by atoms with E-state index in [2.05, 4.69) is 6.92 Å². The van der Waals surface area contributed by atoms with Gasteiger partial charge in [-0.3, -0.25) is 4.79 Å². The summed E-state index contributed by atoms with van der Waals surface area (Å²) in [5.74, 6) is 0.338. The summed E-state index contributed by atoms with van der Waals surface area (Å²) in [5, 5.41) is 12.0. The number of aryl methyl sites for hydroxylation is 1. The van der Waals surface area contributed by atoms with Gasteiger partial charge in [-0.2, -0.15) is 0 Å². The van der Waals surface area contributed by atoms with E-state index in [1.165, 1.54) is 6.07 Å². The quantitative estimate of drug-likeness (QED) is 0.667. The maximum Gasteiger partial charge on any atom is 0.336 e. The van der Waals surface area contributed by atoms with Gasteiger partial charge in [0.1, 0.15) is 11.3 Å². The number of ether oxygens (including phenoxy) is 1. The number of unbranched alkanes of at least 4 members (excludes halogenated alkanes) is 1. The number of benzene rings is 1. The molecule has 168 valence electrons. The van der Waals surface area contributed by atoms with Gasteiger partial charge in [0.2, 0.25) is 0 Å². The SMILES string of the molecule is CCCCc1cc(=O)oc2cc(OCC(=O)N3CC[C@]4(O)CCCC[C@H]4C3)c(Cl)cc12. The van der Waals surface area contributed by atoms with Gasteiger partial charge in [0.15, 0.2) is 6.61 Å². The average Bonchev–Trinajstić information content (AvgIpc) is 2.75. The fourth-order valence-corrected chi connectivity index (χ4v) is 5.16. The van der Waals surface area contributed by atoms with Crippen molar-refractivity contribution in [3.63, 3.8) is 0 Å². The highest BCUT2D eigenvalue weighted by Gasteiger charge is 2.43. The number of aliphatic hydroxyl groups is 1. The first-order chi connectivity index (χ1) is 14.9. The largest absolute Gasteiger partial charge is 0.482 e. The minimum atomic E-state index is -0.620. The van der Waals surface area contributed by atoms with Gasteiger partial charge < -0.3 is 19.2 Å². The lowest BCUT2D eigenvalue weighted by molar-refractivity contribution is -0.145. The molecule has 2 heterocycles. The molecule has 0 radical (unpaired) electrons. The molecule has 1 aromatic heterocycles. The highest BCUT2D eigenvalue weighted by atomic mass is 35.5. The van der Waals surface area contributed by atoms with Crippen LogP contribution < -0.4 is 10.4 Å². The van der Waals surface area contributed by atoms with Crippen LogP contribution in [0.25, 0.3) is 11.0 Å². The fraction of sp³-hybridized carbons (Fsp3) is 0.583. The molecular formula is C24H30ClNO5. The molecular weight excluding hydrogens is 418 g/mol. The fourth-order valence-electron chi connectivity index (χ4n) is 4.94. The van der Waals surface area contributed by atoms with Crippen LogP contribution in [0.4, 0.5) is 0 Å². The van der Waals surface area contributed by atoms with Crippen LogP contribution in [-0.2, 0) is 11.2 Å². The van der Waals surface area contributed by atoms with Crippen molar-refractivity contribution in [3.8, 4) is 5.75 Å². The first kappa shape index (κ1) is 22.2. The number of likely N-dealkylation sites (tertiary alicyclic amines) is 1. The Morgan fingerprint density at radius 3 is 2.97 bits per heavy atom. The van der Waals surface area contributed by atoms with Gasteiger partial charge in [-0.1, -0.05) is 37.8 Å². The first-order valence-electron chi connectivity index (χ1n) is 11.3. The molecule has 2 aliphatic rings. The van der Waals surface area contributed by atoms with E-state index in [-0.39, 0.29) is 18.4 Å². The summed E-state index contributed by atoms with van der Waals surface area (Å²) in [6.07, 6.45) is 7.32. The summed E-state index contributed by atoms with van der Waals surface area (Å²) in [7, 11) is 0. The summed E-state index contributed by atoms with van der Waals surface area (Å²) in [6, 6.07) is 4.85. The van der Waals surface area contributed by atoms with Crippen molar-refractivity contribution in [2.45, 2.75) is 63.9 Å². The van der Waals surface area contributed by atoms with Crippen LogP contribution in [0.3, 0.4) is 0 Å². The van der Waals surface area contributed by atoms with Crippen molar-refractivity contribution >= 4 is 28.5 Å². The number of hydrogen-bond donors (Lipinski definition) is 1. The van der Waals surface area contributed by atoms with Crippen molar-refractivity contribution < 1.29 is 19.1 Å². The van der Waals surface area contributed by atoms with Gasteiger partial charge in [-0.25, -0.2) is 4.79 Å². The van der Waals surface area contributed by atoms with Gasteiger partial charge in [0.05, 0.1) is 10.6 Å². The third kappa shape index (κ3) is 4.75. The minimum Gasteiger partial charge on any atom is -0.482 e. The van der Waals surface area contributed by atoms with Crippen LogP contribution in [0.1, 0.15) is 57.4 Å². The average molecular weight is 448 g/mol. The molecule has 6 nitrogen and oxygen atoms in total. The standard InChI is InChI=1S/C24H30ClNO5/c1-2-3-6-16-11-23(28)31-20-13-21(19(25)12-18(16)20)30-15-22(27)26-10-9-24(29)8-5-4-7-17(24)14-26/h11-13,17,29H,2-10,14-15H2,1H3/t17-,24+/m0/s1. The zero-order valence-corrected chi connectivity index (χ0v) is 18.7. The summed E-state index contributed by atoms with van der Waals surface area (Å²) in [5.41, 5.74) is 0.294. The predicted molar refractivity (Wildman–Crippen MR) is 120 cm³/mol. The molecule has 0 spiro atoms. The van der Waals surface area contributed by atoms with Crippen LogP contribution in [-0.4, -0.2) is 41.2 Å². The van der Waals surface area contributed by atoms with Crippen molar-refractivity contribution in [2.75, 3.05) is 19.7 Å².